The molecule has 0 unspecified atom stereocenters. The molecule has 0 aliphatic carbocycles. The van der Waals surface area contributed by atoms with Crippen LogP contribution in [-0.2, 0) is 32.2 Å². The number of halogens is 1. The summed E-state index contributed by atoms with van der Waals surface area (Å²) in [5, 5.41) is 0. The average Bonchev–Trinajstić information content (AvgIpc) is 3.17. The third-order valence-electron chi connectivity index (χ3n) is 4.80. The van der Waals surface area contributed by atoms with E-state index in [1.165, 1.54) is 17.0 Å². The molecule has 2 amide bonds. The fourth-order valence-corrected chi connectivity index (χ4v) is 3.23. The number of nitrogens with zero attached hydrogens (tertiary/aromatic N) is 2. The predicted octanol–water partition coefficient (Wildman–Crippen LogP) is 3.84. The Morgan fingerprint density at radius 3 is 2.25 bits per heavy atom. The summed E-state index contributed by atoms with van der Waals surface area (Å²) in [7, 11) is 0. The van der Waals surface area contributed by atoms with Gasteiger partial charge in [0.15, 0.2) is 0 Å². The van der Waals surface area contributed by atoms with Crippen LogP contribution in [0.4, 0.5) is 4.39 Å². The summed E-state index contributed by atoms with van der Waals surface area (Å²) in [5.41, 5.74) is 0.763. The topological polar surface area (TPSA) is 80.1 Å². The molecule has 1 heterocycles. The van der Waals surface area contributed by atoms with Crippen LogP contribution in [0.25, 0.3) is 0 Å². The Morgan fingerprint density at radius 1 is 0.938 bits per heavy atom. The van der Waals surface area contributed by atoms with E-state index in [4.69, 9.17) is 9.15 Å². The van der Waals surface area contributed by atoms with Gasteiger partial charge in [-0.1, -0.05) is 19.1 Å². The van der Waals surface area contributed by atoms with Crippen molar-refractivity contribution in [1.82, 2.24) is 9.80 Å². The monoisotopic (exact) mass is 446 g/mol. The Hall–Kier alpha value is -3.16. The van der Waals surface area contributed by atoms with E-state index >= 15 is 0 Å². The number of aryl methyl sites for hydroxylation is 1. The van der Waals surface area contributed by atoms with Crippen molar-refractivity contribution in [3.05, 3.63) is 59.3 Å². The highest BCUT2D eigenvalue weighted by atomic mass is 19.1. The van der Waals surface area contributed by atoms with E-state index in [0.717, 1.165) is 11.3 Å². The fourth-order valence-electron chi connectivity index (χ4n) is 3.23. The number of esters is 1. The largest absolute Gasteiger partial charge is 0.466 e. The van der Waals surface area contributed by atoms with E-state index in [2.05, 4.69) is 0 Å². The zero-order valence-electron chi connectivity index (χ0n) is 18.9. The second kappa shape index (κ2) is 12.6. The second-order valence-electron chi connectivity index (χ2n) is 7.51. The lowest BCUT2D eigenvalue weighted by Crippen LogP contribution is -2.42. The molecule has 0 atom stereocenters. The molecule has 174 valence electrons. The normalized spacial score (nSPS) is 10.6. The molecule has 0 aliphatic heterocycles. The van der Waals surface area contributed by atoms with Gasteiger partial charge in [-0.15, -0.1) is 0 Å². The lowest BCUT2D eigenvalue weighted by Gasteiger charge is -2.27. The van der Waals surface area contributed by atoms with E-state index in [-0.39, 0.29) is 56.7 Å². The number of carbonyl (C=O) groups excluding carboxylic acids is 3. The van der Waals surface area contributed by atoms with Gasteiger partial charge in [-0.3, -0.25) is 14.4 Å². The molecule has 8 heteroatoms. The Bertz CT molecular complexity index is 894. The minimum absolute atomic E-state index is 0.0124. The van der Waals surface area contributed by atoms with Crippen molar-refractivity contribution in [2.75, 3.05) is 19.7 Å². The van der Waals surface area contributed by atoms with Gasteiger partial charge in [-0.05, 0) is 50.1 Å². The van der Waals surface area contributed by atoms with Crippen LogP contribution >= 0.6 is 0 Å². The zero-order valence-corrected chi connectivity index (χ0v) is 18.9. The van der Waals surface area contributed by atoms with Gasteiger partial charge in [0.1, 0.15) is 17.3 Å². The highest BCUT2D eigenvalue weighted by Crippen LogP contribution is 2.15. The average molecular weight is 447 g/mol. The van der Waals surface area contributed by atoms with Gasteiger partial charge < -0.3 is 19.0 Å². The van der Waals surface area contributed by atoms with Crippen molar-refractivity contribution < 1.29 is 27.9 Å². The van der Waals surface area contributed by atoms with Crippen molar-refractivity contribution in [3.63, 3.8) is 0 Å². The van der Waals surface area contributed by atoms with Crippen LogP contribution in [0.3, 0.4) is 0 Å². The third kappa shape index (κ3) is 8.17. The summed E-state index contributed by atoms with van der Waals surface area (Å²) in [5.74, 6) is 0.0269. The van der Waals surface area contributed by atoms with Gasteiger partial charge >= 0.3 is 5.97 Å². The maximum Gasteiger partial charge on any atom is 0.306 e. The summed E-state index contributed by atoms with van der Waals surface area (Å²) in [6.07, 6.45) is 0.640. The van der Waals surface area contributed by atoms with Crippen molar-refractivity contribution in [3.8, 4) is 0 Å². The number of benzene rings is 1. The van der Waals surface area contributed by atoms with Crippen LogP contribution in [-0.4, -0.2) is 47.3 Å². The molecule has 1 aromatic carbocycles. The Morgan fingerprint density at radius 2 is 1.66 bits per heavy atom. The van der Waals surface area contributed by atoms with Crippen molar-refractivity contribution >= 4 is 17.8 Å². The van der Waals surface area contributed by atoms with Crippen LogP contribution in [0.2, 0.25) is 0 Å². The lowest BCUT2D eigenvalue weighted by molar-refractivity contribution is -0.146. The van der Waals surface area contributed by atoms with Crippen molar-refractivity contribution in [2.45, 2.75) is 53.1 Å². The molecule has 0 bridgehead atoms. The molecule has 0 aliphatic rings. The van der Waals surface area contributed by atoms with E-state index in [9.17, 15) is 18.8 Å². The van der Waals surface area contributed by atoms with E-state index in [1.54, 1.807) is 30.0 Å². The number of hydrogen-bond donors (Lipinski definition) is 0. The molecule has 0 saturated carbocycles. The smallest absolute Gasteiger partial charge is 0.306 e. The van der Waals surface area contributed by atoms with Gasteiger partial charge in [0.05, 0.1) is 26.1 Å². The molecule has 2 rings (SSSR count). The summed E-state index contributed by atoms with van der Waals surface area (Å²) >= 11 is 0. The molecule has 0 radical (unpaired) electrons. The molecular weight excluding hydrogens is 415 g/mol. The second-order valence-corrected chi connectivity index (χ2v) is 7.51. The number of amides is 2. The first-order valence-electron chi connectivity index (χ1n) is 10.8. The van der Waals surface area contributed by atoms with Crippen LogP contribution in [0.5, 0.6) is 0 Å². The Kier molecular flexibility index (Phi) is 9.91. The lowest BCUT2D eigenvalue weighted by atomic mass is 10.2. The maximum absolute atomic E-state index is 13.3. The van der Waals surface area contributed by atoms with Crippen LogP contribution in [0.1, 0.15) is 50.2 Å². The van der Waals surface area contributed by atoms with Gasteiger partial charge in [0.2, 0.25) is 11.8 Å². The minimum Gasteiger partial charge on any atom is -0.466 e. The van der Waals surface area contributed by atoms with Crippen LogP contribution < -0.4 is 0 Å². The van der Waals surface area contributed by atoms with Crippen molar-refractivity contribution in [2.24, 2.45) is 0 Å². The van der Waals surface area contributed by atoms with Gasteiger partial charge in [-0.25, -0.2) is 4.39 Å². The van der Waals surface area contributed by atoms with Crippen LogP contribution in [0, 0.1) is 12.7 Å². The molecule has 0 fully saturated rings. The Labute approximate surface area is 188 Å². The standard InChI is InChI=1S/C24H31FN2O5/c1-4-14-26(22(28)12-13-24(30)31-5-2)17-23(29)27(16-21-11-6-18(3)32-21)15-19-7-9-20(25)10-8-19/h6-11H,4-5,12-17H2,1-3H3. The first-order valence-corrected chi connectivity index (χ1v) is 10.8. The van der Waals surface area contributed by atoms with Crippen molar-refractivity contribution in [1.29, 1.82) is 0 Å². The first kappa shape index (κ1) is 25.1. The minimum atomic E-state index is -0.435. The number of hydrogen-bond acceptors (Lipinski definition) is 5. The number of furan rings is 1. The first-order chi connectivity index (χ1) is 15.3. The predicted molar refractivity (Wildman–Crippen MR) is 117 cm³/mol. The molecule has 0 saturated heterocycles. The zero-order chi connectivity index (χ0) is 23.5. The molecule has 32 heavy (non-hydrogen) atoms. The molecular formula is C24H31FN2O5. The summed E-state index contributed by atoms with van der Waals surface area (Å²) in [4.78, 5) is 40.5. The molecule has 0 spiro atoms. The fraction of sp³-hybridized carbons (Fsp3) is 0.458. The molecule has 2 aromatic rings. The highest BCUT2D eigenvalue weighted by molar-refractivity contribution is 5.86. The van der Waals surface area contributed by atoms with E-state index < -0.39 is 5.97 Å². The number of carbonyl (C=O) groups is 3. The molecule has 0 N–H and O–H groups in total. The molecule has 1 aromatic heterocycles. The summed E-state index contributed by atoms with van der Waals surface area (Å²) < 4.78 is 23.8. The quantitative estimate of drug-likeness (QED) is 0.463. The summed E-state index contributed by atoms with van der Waals surface area (Å²) in [6.45, 7) is 6.45. The Balaban J connectivity index is 2.11. The third-order valence-corrected chi connectivity index (χ3v) is 4.80. The van der Waals surface area contributed by atoms with Gasteiger partial charge in [-0.2, -0.15) is 0 Å². The van der Waals surface area contributed by atoms with Crippen LogP contribution in [0.15, 0.2) is 40.8 Å². The number of rotatable bonds is 12. The van der Waals surface area contributed by atoms with E-state index in [0.29, 0.717) is 18.7 Å². The summed E-state index contributed by atoms with van der Waals surface area (Å²) in [6, 6.07) is 9.55. The van der Waals surface area contributed by atoms with Gasteiger partial charge in [0, 0.05) is 19.5 Å². The van der Waals surface area contributed by atoms with E-state index in [1.807, 2.05) is 19.9 Å². The van der Waals surface area contributed by atoms with Gasteiger partial charge in [0.25, 0.3) is 0 Å². The maximum atomic E-state index is 13.3. The number of ether oxygens (including phenoxy) is 1. The SMILES string of the molecule is CCCN(CC(=O)N(Cc1ccc(F)cc1)Cc1ccc(C)o1)C(=O)CCC(=O)OCC. The highest BCUT2D eigenvalue weighted by Gasteiger charge is 2.23. The molecule has 7 nitrogen and oxygen atoms in total.